The normalized spacial score (nSPS) is 19.7. The Hall–Kier alpha value is -0.430. The average molecular weight is 392 g/mol. The maximum absolute atomic E-state index is 12.0. The summed E-state index contributed by atoms with van der Waals surface area (Å²) in [6.45, 7) is 3.64. The number of aliphatic hydroxyl groups excluding tert-OH is 1. The van der Waals surface area contributed by atoms with Crippen LogP contribution in [0.15, 0.2) is 21.1 Å². The van der Waals surface area contributed by atoms with E-state index >= 15 is 0 Å². The summed E-state index contributed by atoms with van der Waals surface area (Å²) in [7, 11) is 0. The number of nitrogens with one attached hydrogen (secondary N) is 1. The van der Waals surface area contributed by atoms with E-state index in [1.165, 1.54) is 0 Å². The van der Waals surface area contributed by atoms with Crippen molar-refractivity contribution in [3.8, 4) is 0 Å². The lowest BCUT2D eigenvalue weighted by Crippen LogP contribution is -2.32. The fourth-order valence-corrected chi connectivity index (χ4v) is 3.77. The molecule has 2 rings (SSSR count). The number of aryl methyl sites for hydroxylation is 1. The summed E-state index contributed by atoms with van der Waals surface area (Å²) in [5, 5.41) is 12.3. The van der Waals surface area contributed by atoms with E-state index in [1.54, 1.807) is 0 Å². The topological polar surface area (TPSA) is 52.6 Å². The van der Waals surface area contributed by atoms with Crippen LogP contribution in [0.3, 0.4) is 0 Å². The van der Waals surface area contributed by atoms with Crippen molar-refractivity contribution in [1.29, 1.82) is 0 Å². The van der Waals surface area contributed by atoms with Crippen molar-refractivity contribution in [2.24, 2.45) is 0 Å². The van der Waals surface area contributed by atoms with Crippen molar-refractivity contribution in [1.82, 2.24) is 4.90 Å². The van der Waals surface area contributed by atoms with Crippen molar-refractivity contribution in [3.63, 3.8) is 0 Å². The molecular weight excluding hydrogens is 376 g/mol. The summed E-state index contributed by atoms with van der Waals surface area (Å²) < 4.78 is 1.71. The number of hydrogen-bond acceptors (Lipinski definition) is 3. The Labute approximate surface area is 129 Å². The highest BCUT2D eigenvalue weighted by Gasteiger charge is 2.22. The lowest BCUT2D eigenvalue weighted by atomic mass is 10.2. The first-order valence-electron chi connectivity index (χ1n) is 6.11. The van der Waals surface area contributed by atoms with Gasteiger partial charge >= 0.3 is 0 Å². The van der Waals surface area contributed by atoms with Crippen LogP contribution in [-0.4, -0.2) is 41.7 Å². The lowest BCUT2D eigenvalue weighted by Gasteiger charge is -2.16. The van der Waals surface area contributed by atoms with Crippen LogP contribution in [0.4, 0.5) is 5.69 Å². The van der Waals surface area contributed by atoms with Crippen LogP contribution in [0.25, 0.3) is 0 Å². The number of hydrogen-bond donors (Lipinski definition) is 2. The van der Waals surface area contributed by atoms with E-state index in [4.69, 9.17) is 0 Å². The Morgan fingerprint density at radius 3 is 2.63 bits per heavy atom. The Balaban J connectivity index is 1.99. The molecule has 0 spiro atoms. The second-order valence-electron chi connectivity index (χ2n) is 4.83. The zero-order valence-electron chi connectivity index (χ0n) is 10.6. The summed E-state index contributed by atoms with van der Waals surface area (Å²) in [6.07, 6.45) is 0.441. The van der Waals surface area contributed by atoms with E-state index in [0.29, 0.717) is 13.1 Å². The molecule has 0 unspecified atom stereocenters. The van der Waals surface area contributed by atoms with Gasteiger partial charge in [0, 0.05) is 22.0 Å². The van der Waals surface area contributed by atoms with Gasteiger partial charge in [-0.1, -0.05) is 0 Å². The van der Waals surface area contributed by atoms with Crippen LogP contribution in [0.1, 0.15) is 12.0 Å². The monoisotopic (exact) mass is 390 g/mol. The fourth-order valence-electron chi connectivity index (χ4n) is 2.16. The van der Waals surface area contributed by atoms with Crippen LogP contribution < -0.4 is 5.32 Å². The molecule has 0 saturated carbocycles. The fraction of sp³-hybridized carbons (Fsp3) is 0.462. The van der Waals surface area contributed by atoms with E-state index < -0.39 is 0 Å². The van der Waals surface area contributed by atoms with Gasteiger partial charge in [-0.2, -0.15) is 0 Å². The van der Waals surface area contributed by atoms with Gasteiger partial charge in [0.25, 0.3) is 0 Å². The van der Waals surface area contributed by atoms with Crippen molar-refractivity contribution < 1.29 is 9.90 Å². The molecule has 19 heavy (non-hydrogen) atoms. The molecule has 6 heteroatoms. The lowest BCUT2D eigenvalue weighted by molar-refractivity contribution is -0.117. The Kier molecular flexibility index (Phi) is 5.00. The number of amides is 1. The summed E-state index contributed by atoms with van der Waals surface area (Å²) >= 11 is 6.90. The molecule has 1 amide bonds. The van der Waals surface area contributed by atoms with Crippen molar-refractivity contribution >= 4 is 43.5 Å². The molecule has 1 heterocycles. The quantitative estimate of drug-likeness (QED) is 0.832. The molecule has 1 saturated heterocycles. The van der Waals surface area contributed by atoms with Crippen molar-refractivity contribution in [3.05, 3.63) is 26.6 Å². The van der Waals surface area contributed by atoms with Gasteiger partial charge in [0.2, 0.25) is 5.91 Å². The molecule has 0 aliphatic carbocycles. The molecule has 1 aliphatic rings. The minimum Gasteiger partial charge on any atom is -0.392 e. The van der Waals surface area contributed by atoms with Gasteiger partial charge in [-0.25, -0.2) is 0 Å². The van der Waals surface area contributed by atoms with Gasteiger partial charge < -0.3 is 10.4 Å². The van der Waals surface area contributed by atoms with Crippen molar-refractivity contribution in [2.75, 3.05) is 25.0 Å². The minimum atomic E-state index is -0.300. The number of β-amino-alcohol motifs (C(OH)–C–C–N with tert-alkyl or cyclic N) is 1. The third kappa shape index (κ3) is 4.02. The number of carbonyl (C=O) groups is 1. The first-order valence-corrected chi connectivity index (χ1v) is 7.70. The zero-order chi connectivity index (χ0) is 14.0. The molecule has 1 aliphatic heterocycles. The van der Waals surface area contributed by atoms with Gasteiger partial charge in [0.1, 0.15) is 0 Å². The number of halogens is 2. The van der Waals surface area contributed by atoms with Crippen LogP contribution in [0.2, 0.25) is 0 Å². The molecular formula is C13H16Br2N2O2. The molecule has 0 radical (unpaired) electrons. The maximum atomic E-state index is 12.0. The Bertz CT molecular complexity index is 471. The Morgan fingerprint density at radius 1 is 1.47 bits per heavy atom. The number of anilines is 1. The number of carbonyl (C=O) groups excluding carboxylic acids is 1. The highest BCUT2D eigenvalue weighted by Crippen LogP contribution is 2.32. The summed E-state index contributed by atoms with van der Waals surface area (Å²) in [5.74, 6) is -0.0700. The van der Waals surface area contributed by atoms with Crippen LogP contribution in [0.5, 0.6) is 0 Å². The number of benzene rings is 1. The van der Waals surface area contributed by atoms with E-state index in [1.807, 2.05) is 24.0 Å². The van der Waals surface area contributed by atoms with Crippen LogP contribution in [-0.2, 0) is 4.79 Å². The Morgan fingerprint density at radius 2 is 2.11 bits per heavy atom. The SMILES string of the molecule is Cc1cc(Br)c(NC(=O)CN2CC[C@@H](O)C2)c(Br)c1. The molecule has 1 aromatic carbocycles. The molecule has 0 bridgehead atoms. The van der Waals surface area contributed by atoms with E-state index in [-0.39, 0.29) is 12.0 Å². The predicted octanol–water partition coefficient (Wildman–Crippen LogP) is 2.53. The van der Waals surface area contributed by atoms with Crippen LogP contribution in [0, 0.1) is 6.92 Å². The smallest absolute Gasteiger partial charge is 0.238 e. The molecule has 2 N–H and O–H groups in total. The highest BCUT2D eigenvalue weighted by molar-refractivity contribution is 9.11. The third-order valence-corrected chi connectivity index (χ3v) is 4.32. The van der Waals surface area contributed by atoms with Gasteiger partial charge in [-0.3, -0.25) is 9.69 Å². The third-order valence-electron chi connectivity index (χ3n) is 3.07. The molecule has 1 atom stereocenters. The number of nitrogens with zero attached hydrogens (tertiary/aromatic N) is 1. The predicted molar refractivity (Wildman–Crippen MR) is 82.3 cm³/mol. The first-order chi connectivity index (χ1) is 8.95. The van der Waals surface area contributed by atoms with Gasteiger partial charge in [0.05, 0.1) is 18.3 Å². The van der Waals surface area contributed by atoms with E-state index in [9.17, 15) is 9.90 Å². The number of rotatable bonds is 3. The van der Waals surface area contributed by atoms with Gasteiger partial charge in [0.15, 0.2) is 0 Å². The maximum Gasteiger partial charge on any atom is 0.238 e. The minimum absolute atomic E-state index is 0.0700. The first kappa shape index (κ1) is 15.0. The van der Waals surface area contributed by atoms with Gasteiger partial charge in [-0.05, 0) is 62.9 Å². The van der Waals surface area contributed by atoms with E-state index in [0.717, 1.165) is 33.2 Å². The average Bonchev–Trinajstić information content (AvgIpc) is 2.69. The van der Waals surface area contributed by atoms with Gasteiger partial charge in [-0.15, -0.1) is 0 Å². The molecule has 104 valence electrons. The highest BCUT2D eigenvalue weighted by atomic mass is 79.9. The summed E-state index contributed by atoms with van der Waals surface area (Å²) in [6, 6.07) is 3.92. The van der Waals surface area contributed by atoms with Crippen molar-refractivity contribution in [2.45, 2.75) is 19.4 Å². The summed E-state index contributed by atoms with van der Waals surface area (Å²) in [5.41, 5.74) is 1.86. The number of aliphatic hydroxyl groups is 1. The standard InChI is InChI=1S/C13H16Br2N2O2/c1-8-4-10(14)13(11(15)5-8)16-12(19)7-17-3-2-9(18)6-17/h4-5,9,18H,2-3,6-7H2,1H3,(H,16,19)/t9-/m1/s1. The van der Waals surface area contributed by atoms with Crippen LogP contribution >= 0.6 is 31.9 Å². The largest absolute Gasteiger partial charge is 0.392 e. The molecule has 1 aromatic rings. The zero-order valence-corrected chi connectivity index (χ0v) is 13.8. The second kappa shape index (κ2) is 6.35. The number of likely N-dealkylation sites (tertiary alicyclic amines) is 1. The molecule has 0 aromatic heterocycles. The second-order valence-corrected chi connectivity index (χ2v) is 6.54. The summed E-state index contributed by atoms with van der Waals surface area (Å²) in [4.78, 5) is 13.9. The van der Waals surface area contributed by atoms with E-state index in [2.05, 4.69) is 37.2 Å². The molecule has 4 nitrogen and oxygen atoms in total. The molecule has 1 fully saturated rings.